The Morgan fingerprint density at radius 2 is 2.07 bits per heavy atom. The molecule has 0 radical (unpaired) electrons. The fourth-order valence-electron chi connectivity index (χ4n) is 2.31. The van der Waals surface area contributed by atoms with Crippen LogP contribution in [0.25, 0.3) is 0 Å². The van der Waals surface area contributed by atoms with Crippen molar-refractivity contribution >= 4 is 12.2 Å². The summed E-state index contributed by atoms with van der Waals surface area (Å²) in [7, 11) is 2.15. The molecule has 0 amide bonds. The molecular formula is C11H21N3+2. The first-order valence-electron chi connectivity index (χ1n) is 5.46. The summed E-state index contributed by atoms with van der Waals surface area (Å²) in [6, 6.07) is 0. The van der Waals surface area contributed by atoms with Crippen molar-refractivity contribution in [2.45, 2.75) is 32.7 Å². The van der Waals surface area contributed by atoms with Crippen molar-refractivity contribution in [3.8, 4) is 0 Å². The van der Waals surface area contributed by atoms with Gasteiger partial charge >= 0.3 is 5.96 Å². The summed E-state index contributed by atoms with van der Waals surface area (Å²) in [4.78, 5) is 2.51. The quantitative estimate of drug-likeness (QED) is 0.514. The highest BCUT2D eigenvalue weighted by molar-refractivity contribution is 5.76. The standard InChI is InChI=1S/C11H21N3/c1-11(2,3)14-7-5-6-13-9-8-12(4)10(13)14/h8H,5-7,9H2,1-4H3/q+2. The fourth-order valence-corrected chi connectivity index (χ4v) is 2.31. The topological polar surface area (TPSA) is 9.26 Å². The van der Waals surface area contributed by atoms with Crippen molar-refractivity contribution in [1.29, 1.82) is 0 Å². The van der Waals surface area contributed by atoms with Gasteiger partial charge in [-0.05, 0) is 20.8 Å². The Hall–Kier alpha value is -0.860. The minimum Gasteiger partial charge on any atom is -0.183 e. The lowest BCUT2D eigenvalue weighted by atomic mass is 10.1. The van der Waals surface area contributed by atoms with Crippen LogP contribution in [-0.2, 0) is 0 Å². The molecular weight excluding hydrogens is 174 g/mol. The molecule has 0 fully saturated rings. The van der Waals surface area contributed by atoms with Gasteiger partial charge < -0.3 is 0 Å². The lowest BCUT2D eigenvalue weighted by Crippen LogP contribution is -2.54. The highest BCUT2D eigenvalue weighted by Crippen LogP contribution is 2.18. The number of guanidine groups is 1. The maximum absolute atomic E-state index is 2.51. The molecule has 2 aliphatic heterocycles. The summed E-state index contributed by atoms with van der Waals surface area (Å²) in [6.45, 7) is 10.3. The minimum absolute atomic E-state index is 0.237. The lowest BCUT2D eigenvalue weighted by Gasteiger charge is -2.28. The number of rotatable bonds is 0. The van der Waals surface area contributed by atoms with Gasteiger partial charge in [-0.2, -0.15) is 14.1 Å². The molecule has 0 atom stereocenters. The van der Waals surface area contributed by atoms with Crippen LogP contribution >= 0.6 is 0 Å². The van der Waals surface area contributed by atoms with Gasteiger partial charge in [-0.1, -0.05) is 0 Å². The molecule has 2 aliphatic rings. The van der Waals surface area contributed by atoms with Crippen molar-refractivity contribution in [3.05, 3.63) is 0 Å². The van der Waals surface area contributed by atoms with Crippen molar-refractivity contribution in [1.82, 2.24) is 4.90 Å². The molecule has 0 saturated carbocycles. The van der Waals surface area contributed by atoms with E-state index < -0.39 is 0 Å². The highest BCUT2D eigenvalue weighted by atomic mass is 15.4. The van der Waals surface area contributed by atoms with Crippen LogP contribution in [0.5, 0.6) is 0 Å². The second kappa shape index (κ2) is 3.07. The van der Waals surface area contributed by atoms with Crippen LogP contribution in [-0.4, -0.2) is 58.4 Å². The van der Waals surface area contributed by atoms with Crippen molar-refractivity contribution in [2.24, 2.45) is 0 Å². The third-order valence-corrected chi connectivity index (χ3v) is 3.04. The largest absolute Gasteiger partial charge is 0.522 e. The average Bonchev–Trinajstić information content (AvgIpc) is 2.46. The van der Waals surface area contributed by atoms with Crippen LogP contribution < -0.4 is 0 Å². The van der Waals surface area contributed by atoms with Crippen LogP contribution in [0, 0.1) is 0 Å². The molecule has 3 heteroatoms. The molecule has 0 aliphatic carbocycles. The zero-order valence-corrected chi connectivity index (χ0v) is 9.75. The van der Waals surface area contributed by atoms with E-state index in [1.807, 2.05) is 0 Å². The predicted molar refractivity (Wildman–Crippen MR) is 58.3 cm³/mol. The zero-order chi connectivity index (χ0) is 10.3. The number of hydrogen-bond acceptors (Lipinski definition) is 1. The highest BCUT2D eigenvalue weighted by Gasteiger charge is 2.45. The first kappa shape index (κ1) is 9.69. The van der Waals surface area contributed by atoms with Crippen molar-refractivity contribution < 1.29 is 9.15 Å². The number of nitrogens with zero attached hydrogens (tertiary/aromatic N) is 3. The first-order valence-corrected chi connectivity index (χ1v) is 5.46. The Bertz CT molecular complexity index is 307. The third kappa shape index (κ3) is 1.45. The van der Waals surface area contributed by atoms with Crippen LogP contribution in [0.4, 0.5) is 0 Å². The summed E-state index contributed by atoms with van der Waals surface area (Å²) in [5, 5.41) is 0. The normalized spacial score (nSPS) is 22.6. The van der Waals surface area contributed by atoms with E-state index in [2.05, 4.69) is 48.1 Å². The van der Waals surface area contributed by atoms with Gasteiger partial charge in [0.05, 0.1) is 0 Å². The van der Waals surface area contributed by atoms with Gasteiger partial charge in [0, 0.05) is 6.42 Å². The zero-order valence-electron chi connectivity index (χ0n) is 9.75. The molecule has 2 heterocycles. The maximum atomic E-state index is 2.51. The van der Waals surface area contributed by atoms with E-state index in [0.717, 1.165) is 6.54 Å². The van der Waals surface area contributed by atoms with E-state index in [0.29, 0.717) is 0 Å². The third-order valence-electron chi connectivity index (χ3n) is 3.04. The van der Waals surface area contributed by atoms with Gasteiger partial charge in [0.1, 0.15) is 31.9 Å². The Labute approximate surface area is 86.3 Å². The van der Waals surface area contributed by atoms with Crippen LogP contribution in [0.3, 0.4) is 0 Å². The molecule has 0 spiro atoms. The lowest BCUT2D eigenvalue weighted by molar-refractivity contribution is -0.558. The van der Waals surface area contributed by atoms with Crippen molar-refractivity contribution in [2.75, 3.05) is 26.7 Å². The van der Waals surface area contributed by atoms with Gasteiger partial charge in [0.2, 0.25) is 0 Å². The number of hydrogen-bond donors (Lipinski definition) is 0. The molecule has 78 valence electrons. The Morgan fingerprint density at radius 3 is 2.71 bits per heavy atom. The van der Waals surface area contributed by atoms with E-state index in [-0.39, 0.29) is 5.54 Å². The second-order valence-electron chi connectivity index (χ2n) is 5.22. The molecule has 0 bridgehead atoms. The van der Waals surface area contributed by atoms with Crippen LogP contribution in [0.2, 0.25) is 0 Å². The second-order valence-corrected chi connectivity index (χ2v) is 5.22. The average molecular weight is 195 g/mol. The molecule has 0 aromatic rings. The Balaban J connectivity index is 2.35. The Kier molecular flexibility index (Phi) is 2.13. The SMILES string of the molecule is C[N+]1=CC[N+]2=C1N(C(C)(C)C)CCC2. The van der Waals surface area contributed by atoms with Gasteiger partial charge in [-0.25, -0.2) is 0 Å². The predicted octanol–water partition coefficient (Wildman–Crippen LogP) is 0.586. The van der Waals surface area contributed by atoms with E-state index in [4.69, 9.17) is 0 Å². The minimum atomic E-state index is 0.237. The van der Waals surface area contributed by atoms with E-state index in [1.54, 1.807) is 0 Å². The fraction of sp³-hybridized carbons (Fsp3) is 0.818. The summed E-state index contributed by atoms with van der Waals surface area (Å²) < 4.78 is 4.74. The first-order chi connectivity index (χ1) is 6.50. The smallest absolute Gasteiger partial charge is 0.183 e. The molecule has 0 aromatic heterocycles. The molecule has 0 saturated heterocycles. The molecule has 0 N–H and O–H groups in total. The summed E-state index contributed by atoms with van der Waals surface area (Å²) in [5.74, 6) is 1.39. The van der Waals surface area contributed by atoms with Gasteiger partial charge in [0.15, 0.2) is 6.54 Å². The molecule has 3 nitrogen and oxygen atoms in total. The monoisotopic (exact) mass is 195 g/mol. The van der Waals surface area contributed by atoms with Gasteiger partial charge in [0.25, 0.3) is 0 Å². The van der Waals surface area contributed by atoms with Crippen LogP contribution in [0.15, 0.2) is 0 Å². The summed E-state index contributed by atoms with van der Waals surface area (Å²) in [6.07, 6.45) is 3.54. The maximum Gasteiger partial charge on any atom is 0.522 e. The summed E-state index contributed by atoms with van der Waals surface area (Å²) in [5.41, 5.74) is 0.237. The van der Waals surface area contributed by atoms with E-state index in [1.165, 1.54) is 25.5 Å². The van der Waals surface area contributed by atoms with Crippen molar-refractivity contribution in [3.63, 3.8) is 0 Å². The molecule has 0 aromatic carbocycles. The molecule has 2 rings (SSSR count). The summed E-state index contributed by atoms with van der Waals surface area (Å²) >= 11 is 0. The van der Waals surface area contributed by atoms with Gasteiger partial charge in [-0.3, -0.25) is 0 Å². The molecule has 0 unspecified atom stereocenters. The van der Waals surface area contributed by atoms with Gasteiger partial charge in [-0.15, -0.1) is 0 Å². The van der Waals surface area contributed by atoms with E-state index >= 15 is 0 Å². The Morgan fingerprint density at radius 1 is 1.36 bits per heavy atom. The van der Waals surface area contributed by atoms with Crippen LogP contribution in [0.1, 0.15) is 27.2 Å². The van der Waals surface area contributed by atoms with E-state index in [9.17, 15) is 0 Å². The molecule has 14 heavy (non-hydrogen) atoms.